The molecule has 3 saturated heterocycles. The molecule has 3 aliphatic heterocycles. The lowest BCUT2D eigenvalue weighted by Gasteiger charge is -2.41. The van der Waals surface area contributed by atoms with Gasteiger partial charge in [0.1, 0.15) is 18.0 Å². The Morgan fingerprint density at radius 1 is 1.08 bits per heavy atom. The molecule has 3 atom stereocenters. The number of nitrogens with zero attached hydrogens (tertiary/aromatic N) is 4. The van der Waals surface area contributed by atoms with Gasteiger partial charge in [0, 0.05) is 38.2 Å². The first kappa shape index (κ1) is 30.9. The number of ether oxygens (including phenoxy) is 1. The van der Waals surface area contributed by atoms with E-state index in [4.69, 9.17) is 15.6 Å². The van der Waals surface area contributed by atoms with Gasteiger partial charge < -0.3 is 36.0 Å². The molecule has 4 rings (SSSR count). The molecule has 1 aromatic heterocycles. The molecule has 15 heteroatoms. The Bertz CT molecular complexity index is 941. The summed E-state index contributed by atoms with van der Waals surface area (Å²) in [7, 11) is 0. The number of carboxylic acids is 1. The van der Waals surface area contributed by atoms with Crippen molar-refractivity contribution in [1.29, 1.82) is 0 Å². The highest BCUT2D eigenvalue weighted by Gasteiger charge is 2.34. The molecule has 1 amide bonds. The number of hydrogen-bond donors (Lipinski definition) is 5. The standard InChI is InChI=1S/C19H33N3O6.C5H4F3N3/c23-15-5-10-28-16(18(15)26)11-20-19(27)13-1-8-22(9-2-13)14-3-6-21(7-4-14)12-17(24)25;6-5(7,8)3-1-10-2-4(9)11-3/h13-16,18,23,26H,1-12H2,(H,20,27)(H,24,25);1-2H,(H2,9,11). The molecule has 6 N–H and O–H groups in total. The van der Waals surface area contributed by atoms with Crippen LogP contribution < -0.4 is 11.1 Å². The predicted octanol–water partition coefficient (Wildman–Crippen LogP) is -0.0481. The van der Waals surface area contributed by atoms with E-state index in [1.165, 1.54) is 0 Å². The number of nitrogens with one attached hydrogen (secondary N) is 1. The molecule has 1 aromatic rings. The van der Waals surface area contributed by atoms with Crippen LogP contribution in [0.25, 0.3) is 0 Å². The van der Waals surface area contributed by atoms with E-state index in [9.17, 15) is 33.0 Å². The van der Waals surface area contributed by atoms with Crippen LogP contribution in [0.1, 0.15) is 37.8 Å². The number of alkyl halides is 3. The van der Waals surface area contributed by atoms with Crippen molar-refractivity contribution in [2.45, 2.75) is 62.6 Å². The number of likely N-dealkylation sites (tertiary alicyclic amines) is 2. The quantitative estimate of drug-likeness (QED) is 0.315. The maximum Gasteiger partial charge on any atom is 0.434 e. The number of carbonyl (C=O) groups is 2. The summed E-state index contributed by atoms with van der Waals surface area (Å²) in [6.07, 6.45) is -1.12. The molecule has 0 aromatic carbocycles. The average molecular weight is 563 g/mol. The first-order chi connectivity index (χ1) is 18.4. The van der Waals surface area contributed by atoms with Crippen LogP contribution in [0.15, 0.2) is 12.4 Å². The van der Waals surface area contributed by atoms with Gasteiger partial charge in [-0.3, -0.25) is 19.5 Å². The molecule has 0 saturated carbocycles. The van der Waals surface area contributed by atoms with Gasteiger partial charge in [-0.25, -0.2) is 4.98 Å². The minimum Gasteiger partial charge on any atom is -0.480 e. The molecule has 0 spiro atoms. The van der Waals surface area contributed by atoms with Crippen LogP contribution >= 0.6 is 0 Å². The van der Waals surface area contributed by atoms with Crippen molar-refractivity contribution >= 4 is 17.7 Å². The van der Waals surface area contributed by atoms with Crippen molar-refractivity contribution < 1.29 is 42.8 Å². The number of amides is 1. The summed E-state index contributed by atoms with van der Waals surface area (Å²) < 4.78 is 40.9. The molecule has 3 aliphatic rings. The van der Waals surface area contributed by atoms with Crippen LogP contribution in [-0.4, -0.2) is 117 Å². The van der Waals surface area contributed by atoms with Crippen molar-refractivity contribution in [1.82, 2.24) is 25.1 Å². The molecule has 0 radical (unpaired) electrons. The topological polar surface area (TPSA) is 174 Å². The van der Waals surface area contributed by atoms with E-state index in [1.807, 2.05) is 4.90 Å². The smallest absolute Gasteiger partial charge is 0.434 e. The molecular formula is C24H37F3N6O6. The van der Waals surface area contributed by atoms with E-state index in [-0.39, 0.29) is 30.7 Å². The van der Waals surface area contributed by atoms with Gasteiger partial charge in [-0.2, -0.15) is 13.2 Å². The van der Waals surface area contributed by atoms with Gasteiger partial charge in [0.2, 0.25) is 5.91 Å². The first-order valence-electron chi connectivity index (χ1n) is 13.0. The Morgan fingerprint density at radius 2 is 1.74 bits per heavy atom. The number of aromatic nitrogens is 2. The fraction of sp³-hybridized carbons (Fsp3) is 0.750. The minimum absolute atomic E-state index is 0.00760. The summed E-state index contributed by atoms with van der Waals surface area (Å²) in [5.74, 6) is -1.05. The number of anilines is 1. The molecule has 0 aliphatic carbocycles. The van der Waals surface area contributed by atoms with Crippen molar-refractivity contribution in [3.05, 3.63) is 18.1 Å². The summed E-state index contributed by atoms with van der Waals surface area (Å²) in [4.78, 5) is 34.0. The van der Waals surface area contributed by atoms with Crippen LogP contribution in [0.4, 0.5) is 19.0 Å². The maximum atomic E-state index is 12.5. The van der Waals surface area contributed by atoms with Gasteiger partial charge >= 0.3 is 12.1 Å². The fourth-order valence-corrected chi connectivity index (χ4v) is 5.06. The van der Waals surface area contributed by atoms with Gasteiger partial charge in [-0.1, -0.05) is 0 Å². The Kier molecular flexibility index (Phi) is 11.2. The van der Waals surface area contributed by atoms with Crippen LogP contribution in [0.3, 0.4) is 0 Å². The van der Waals surface area contributed by atoms with Crippen molar-refractivity contribution in [2.24, 2.45) is 5.92 Å². The molecule has 12 nitrogen and oxygen atoms in total. The number of piperidine rings is 2. The fourth-order valence-electron chi connectivity index (χ4n) is 5.06. The van der Waals surface area contributed by atoms with Crippen LogP contribution in [0, 0.1) is 5.92 Å². The zero-order valence-corrected chi connectivity index (χ0v) is 21.6. The number of nitrogen functional groups attached to an aromatic ring is 1. The highest BCUT2D eigenvalue weighted by molar-refractivity contribution is 5.78. The van der Waals surface area contributed by atoms with Crippen LogP contribution in [0.5, 0.6) is 0 Å². The lowest BCUT2D eigenvalue weighted by Crippen LogP contribution is -2.52. The molecule has 0 bridgehead atoms. The van der Waals surface area contributed by atoms with Gasteiger partial charge in [0.05, 0.1) is 25.0 Å². The van der Waals surface area contributed by atoms with Crippen LogP contribution in [-0.2, 0) is 20.5 Å². The number of hydrogen-bond acceptors (Lipinski definition) is 10. The Hall–Kier alpha value is -2.59. The second-order valence-electron chi connectivity index (χ2n) is 10.0. The molecule has 3 unspecified atom stereocenters. The zero-order chi connectivity index (χ0) is 28.6. The highest BCUT2D eigenvalue weighted by atomic mass is 19.4. The van der Waals surface area contributed by atoms with Gasteiger partial charge in [0.15, 0.2) is 5.69 Å². The number of aliphatic carboxylic acids is 1. The molecule has 39 heavy (non-hydrogen) atoms. The molecule has 3 fully saturated rings. The van der Waals surface area contributed by atoms with E-state index in [2.05, 4.69) is 20.2 Å². The van der Waals surface area contributed by atoms with Gasteiger partial charge in [0.25, 0.3) is 0 Å². The van der Waals surface area contributed by atoms with E-state index in [0.29, 0.717) is 25.3 Å². The third-order valence-electron chi connectivity index (χ3n) is 7.27. The highest BCUT2D eigenvalue weighted by Crippen LogP contribution is 2.27. The zero-order valence-electron chi connectivity index (χ0n) is 21.6. The number of nitrogens with two attached hydrogens (primary N) is 1. The monoisotopic (exact) mass is 562 g/mol. The van der Waals surface area contributed by atoms with Gasteiger partial charge in [-0.05, 0) is 45.2 Å². The lowest BCUT2D eigenvalue weighted by atomic mass is 9.92. The molecular weight excluding hydrogens is 525 g/mol. The van der Waals surface area contributed by atoms with E-state index in [0.717, 1.165) is 58.1 Å². The summed E-state index contributed by atoms with van der Waals surface area (Å²) >= 11 is 0. The van der Waals surface area contributed by atoms with Crippen molar-refractivity contribution in [3.63, 3.8) is 0 Å². The molecule has 4 heterocycles. The van der Waals surface area contributed by atoms with Crippen LogP contribution in [0.2, 0.25) is 0 Å². The average Bonchev–Trinajstić information content (AvgIpc) is 2.89. The largest absolute Gasteiger partial charge is 0.480 e. The van der Waals surface area contributed by atoms with E-state index in [1.54, 1.807) is 0 Å². The van der Waals surface area contributed by atoms with E-state index >= 15 is 0 Å². The third kappa shape index (κ3) is 9.53. The van der Waals surface area contributed by atoms with E-state index < -0.39 is 36.2 Å². The maximum absolute atomic E-state index is 12.5. The van der Waals surface area contributed by atoms with Crippen molar-refractivity contribution in [2.75, 3.05) is 51.6 Å². The summed E-state index contributed by atoms with van der Waals surface area (Å²) in [6, 6.07) is 0.473. The number of halogens is 3. The lowest BCUT2D eigenvalue weighted by molar-refractivity contribution is -0.141. The Morgan fingerprint density at radius 3 is 2.31 bits per heavy atom. The predicted molar refractivity (Wildman–Crippen MR) is 132 cm³/mol. The number of aliphatic hydroxyl groups excluding tert-OH is 2. The normalized spacial score (nSPS) is 25.9. The third-order valence-corrected chi connectivity index (χ3v) is 7.27. The summed E-state index contributed by atoms with van der Waals surface area (Å²) in [6.45, 7) is 4.11. The first-order valence-corrected chi connectivity index (χ1v) is 13.0. The second kappa shape index (κ2) is 14.2. The Labute approximate surface area is 224 Å². The van der Waals surface area contributed by atoms with Gasteiger partial charge in [-0.15, -0.1) is 0 Å². The Balaban J connectivity index is 0.000000320. The number of carboxylic acid groups (broad SMARTS) is 1. The summed E-state index contributed by atoms with van der Waals surface area (Å²) in [5, 5.41) is 31.4. The number of aliphatic hydroxyl groups is 2. The minimum atomic E-state index is -4.47. The molecule has 220 valence electrons. The second-order valence-corrected chi connectivity index (χ2v) is 10.0. The summed E-state index contributed by atoms with van der Waals surface area (Å²) in [5.41, 5.74) is 3.91. The number of rotatable bonds is 6. The SMILES string of the molecule is Nc1cncc(C(F)(F)F)n1.O=C(O)CN1CCC(N2CCC(C(=O)NCC3OCCC(O)C3O)CC2)CC1. The van der Waals surface area contributed by atoms with Crippen molar-refractivity contribution in [3.8, 4) is 0 Å². The number of carbonyl (C=O) groups excluding carboxylic acids is 1.